The Morgan fingerprint density at radius 2 is 1.81 bits per heavy atom. The molecule has 122 valence electrons. The van der Waals surface area contributed by atoms with E-state index in [1.807, 2.05) is 52.6 Å². The van der Waals surface area contributed by atoms with Crippen LogP contribution in [-0.2, 0) is 10.7 Å². The Bertz CT molecular complexity index is 396. The lowest BCUT2D eigenvalue weighted by Crippen LogP contribution is -2.48. The zero-order valence-corrected chi connectivity index (χ0v) is 14.1. The molecule has 1 heterocycles. The van der Waals surface area contributed by atoms with Crippen LogP contribution in [0.15, 0.2) is 24.3 Å². The average molecular weight is 301 g/mol. The molecule has 1 unspecified atom stereocenters. The molecule has 0 amide bonds. The van der Waals surface area contributed by atoms with Gasteiger partial charge in [-0.15, -0.1) is 0 Å². The van der Waals surface area contributed by atoms with Crippen LogP contribution in [0.4, 0.5) is 8.78 Å². The predicted octanol–water partition coefficient (Wildman–Crippen LogP) is 4.47. The fraction of sp³-hybridized carbons (Fsp3) is 0.647. The minimum Gasteiger partial charge on any atom is -0.369 e. The molecular weight excluding hydrogens is 272 g/mol. The lowest BCUT2D eigenvalue weighted by Gasteiger charge is -2.35. The number of morpholine rings is 1. The van der Waals surface area contributed by atoms with E-state index in [0.717, 1.165) is 5.56 Å². The monoisotopic (exact) mass is 301 g/mol. The first-order valence-electron chi connectivity index (χ1n) is 7.75. The molecule has 0 aliphatic carbocycles. The van der Waals surface area contributed by atoms with E-state index in [2.05, 4.69) is 0 Å². The largest absolute Gasteiger partial charge is 0.369 e. The number of rotatable bonds is 2. The van der Waals surface area contributed by atoms with Gasteiger partial charge in [-0.05, 0) is 14.0 Å². The molecule has 0 aromatic heterocycles. The third kappa shape index (κ3) is 5.71. The molecule has 0 spiro atoms. The van der Waals surface area contributed by atoms with Crippen LogP contribution in [0, 0.1) is 6.92 Å². The van der Waals surface area contributed by atoms with Gasteiger partial charge in [0.15, 0.2) is 0 Å². The summed E-state index contributed by atoms with van der Waals surface area (Å²) >= 11 is 0. The smallest absolute Gasteiger partial charge is 0.300 e. The first-order valence-corrected chi connectivity index (χ1v) is 7.75. The Labute approximate surface area is 128 Å². The SMILES string of the molecule is CC.CC.Cc1cccc(C(F)(F)C2CN(C)CCO2)c1. The molecule has 2 nitrogen and oxygen atoms in total. The molecule has 1 atom stereocenters. The highest BCUT2D eigenvalue weighted by Gasteiger charge is 2.44. The van der Waals surface area contributed by atoms with Crippen molar-refractivity contribution in [3.63, 3.8) is 0 Å². The molecule has 0 bridgehead atoms. The minimum absolute atomic E-state index is 0.0396. The number of benzene rings is 1. The van der Waals surface area contributed by atoms with Gasteiger partial charge in [-0.2, -0.15) is 8.78 Å². The van der Waals surface area contributed by atoms with Crippen molar-refractivity contribution in [3.8, 4) is 0 Å². The van der Waals surface area contributed by atoms with E-state index in [1.165, 1.54) is 12.1 Å². The first-order chi connectivity index (χ1) is 10.00. The molecule has 1 aromatic rings. The maximum Gasteiger partial charge on any atom is 0.300 e. The molecule has 1 saturated heterocycles. The van der Waals surface area contributed by atoms with Crippen molar-refractivity contribution in [3.05, 3.63) is 35.4 Å². The summed E-state index contributed by atoms with van der Waals surface area (Å²) < 4.78 is 33.7. The van der Waals surface area contributed by atoms with Gasteiger partial charge < -0.3 is 9.64 Å². The van der Waals surface area contributed by atoms with Gasteiger partial charge >= 0.3 is 0 Å². The number of likely N-dealkylation sites (N-methyl/N-ethyl adjacent to an activating group) is 1. The zero-order valence-electron chi connectivity index (χ0n) is 14.1. The Kier molecular flexibility index (Phi) is 9.38. The number of halogens is 2. The summed E-state index contributed by atoms with van der Waals surface area (Å²) in [6.07, 6.45) is -1.05. The van der Waals surface area contributed by atoms with Crippen molar-refractivity contribution in [1.29, 1.82) is 0 Å². The summed E-state index contributed by atoms with van der Waals surface area (Å²) in [6.45, 7) is 11.2. The molecule has 1 aromatic carbocycles. The van der Waals surface area contributed by atoms with Crippen molar-refractivity contribution in [2.24, 2.45) is 0 Å². The van der Waals surface area contributed by atoms with Crippen LogP contribution in [0.25, 0.3) is 0 Å². The number of aryl methyl sites for hydroxylation is 1. The van der Waals surface area contributed by atoms with Gasteiger partial charge in [0.2, 0.25) is 0 Å². The van der Waals surface area contributed by atoms with Crippen molar-refractivity contribution in [1.82, 2.24) is 4.90 Å². The molecule has 21 heavy (non-hydrogen) atoms. The molecule has 0 saturated carbocycles. The standard InChI is InChI=1S/C13H17F2NO.2C2H6/c1-10-4-3-5-11(8-10)13(14,15)12-9-16(2)6-7-17-12;2*1-2/h3-5,8,12H,6-7,9H2,1-2H3;2*1-2H3. The van der Waals surface area contributed by atoms with Crippen LogP contribution < -0.4 is 0 Å². The molecule has 2 rings (SSSR count). The Morgan fingerprint density at radius 1 is 1.19 bits per heavy atom. The normalized spacial score (nSPS) is 19.0. The van der Waals surface area contributed by atoms with E-state index in [4.69, 9.17) is 4.74 Å². The van der Waals surface area contributed by atoms with Crippen molar-refractivity contribution >= 4 is 0 Å². The van der Waals surface area contributed by atoms with E-state index < -0.39 is 12.0 Å². The summed E-state index contributed by atoms with van der Waals surface area (Å²) in [5.41, 5.74) is 0.879. The number of ether oxygens (including phenoxy) is 1. The number of hydrogen-bond donors (Lipinski definition) is 0. The first kappa shape index (κ1) is 20.0. The molecule has 0 N–H and O–H groups in total. The van der Waals surface area contributed by atoms with Crippen LogP contribution in [0.5, 0.6) is 0 Å². The van der Waals surface area contributed by atoms with E-state index in [9.17, 15) is 8.78 Å². The predicted molar refractivity (Wildman–Crippen MR) is 85.0 cm³/mol. The Hall–Kier alpha value is -1.00. The van der Waals surface area contributed by atoms with Gasteiger partial charge in [0.1, 0.15) is 6.10 Å². The van der Waals surface area contributed by atoms with Crippen LogP contribution in [0.2, 0.25) is 0 Å². The third-order valence-electron chi connectivity index (χ3n) is 3.08. The van der Waals surface area contributed by atoms with Gasteiger partial charge in [-0.25, -0.2) is 0 Å². The highest BCUT2D eigenvalue weighted by atomic mass is 19.3. The second kappa shape index (κ2) is 9.85. The van der Waals surface area contributed by atoms with Crippen molar-refractivity contribution in [2.45, 2.75) is 46.6 Å². The number of hydrogen-bond acceptors (Lipinski definition) is 2. The third-order valence-corrected chi connectivity index (χ3v) is 3.08. The lowest BCUT2D eigenvalue weighted by atomic mass is 10.00. The van der Waals surface area contributed by atoms with Crippen LogP contribution in [-0.4, -0.2) is 37.7 Å². The minimum atomic E-state index is -2.93. The van der Waals surface area contributed by atoms with Crippen LogP contribution >= 0.6 is 0 Å². The quantitative estimate of drug-likeness (QED) is 0.799. The second-order valence-electron chi connectivity index (χ2n) is 4.61. The Morgan fingerprint density at radius 3 is 2.33 bits per heavy atom. The van der Waals surface area contributed by atoms with E-state index >= 15 is 0 Å². The average Bonchev–Trinajstić information content (AvgIpc) is 2.51. The van der Waals surface area contributed by atoms with Gasteiger partial charge in [0, 0.05) is 18.7 Å². The molecule has 1 aliphatic rings. The highest BCUT2D eigenvalue weighted by Crippen LogP contribution is 2.35. The lowest BCUT2D eigenvalue weighted by molar-refractivity contribution is -0.169. The zero-order chi connectivity index (χ0) is 16.5. The maximum atomic E-state index is 14.2. The molecule has 1 aliphatic heterocycles. The summed E-state index contributed by atoms with van der Waals surface area (Å²) in [6, 6.07) is 6.46. The van der Waals surface area contributed by atoms with Crippen LogP contribution in [0.1, 0.15) is 38.8 Å². The molecular formula is C17H29F2NO. The fourth-order valence-corrected chi connectivity index (χ4v) is 2.04. The van der Waals surface area contributed by atoms with Gasteiger partial charge in [0.25, 0.3) is 5.92 Å². The molecule has 0 radical (unpaired) electrons. The van der Waals surface area contributed by atoms with E-state index in [0.29, 0.717) is 13.2 Å². The van der Waals surface area contributed by atoms with Crippen molar-refractivity contribution < 1.29 is 13.5 Å². The Balaban J connectivity index is 0.000000921. The van der Waals surface area contributed by atoms with Gasteiger partial charge in [0.05, 0.1) is 6.61 Å². The van der Waals surface area contributed by atoms with E-state index in [1.54, 1.807) is 6.07 Å². The number of nitrogens with zero attached hydrogens (tertiary/aromatic N) is 1. The van der Waals surface area contributed by atoms with Crippen molar-refractivity contribution in [2.75, 3.05) is 26.7 Å². The summed E-state index contributed by atoms with van der Waals surface area (Å²) in [5, 5.41) is 0. The van der Waals surface area contributed by atoms with Gasteiger partial charge in [-0.1, -0.05) is 57.5 Å². The van der Waals surface area contributed by atoms with E-state index in [-0.39, 0.29) is 12.1 Å². The maximum absolute atomic E-state index is 14.2. The topological polar surface area (TPSA) is 12.5 Å². The van der Waals surface area contributed by atoms with Crippen LogP contribution in [0.3, 0.4) is 0 Å². The fourth-order valence-electron chi connectivity index (χ4n) is 2.04. The summed E-state index contributed by atoms with van der Waals surface area (Å²) in [4.78, 5) is 1.87. The van der Waals surface area contributed by atoms with Gasteiger partial charge in [-0.3, -0.25) is 0 Å². The summed E-state index contributed by atoms with van der Waals surface area (Å²) in [7, 11) is 1.84. The molecule has 1 fully saturated rings. The summed E-state index contributed by atoms with van der Waals surface area (Å²) in [5.74, 6) is -2.93. The number of alkyl halides is 2. The highest BCUT2D eigenvalue weighted by molar-refractivity contribution is 5.27. The second-order valence-corrected chi connectivity index (χ2v) is 4.61. The molecule has 4 heteroatoms.